The molecule has 0 unspecified atom stereocenters. The predicted molar refractivity (Wildman–Crippen MR) is 80.6 cm³/mol. The molecular formula is C13H14IN3. The number of rotatable bonds is 2. The molecule has 0 radical (unpaired) electrons. The van der Waals surface area contributed by atoms with Crippen molar-refractivity contribution in [2.75, 3.05) is 11.1 Å². The number of pyridine rings is 1. The molecule has 0 aliphatic heterocycles. The van der Waals surface area contributed by atoms with Crippen molar-refractivity contribution < 1.29 is 0 Å². The van der Waals surface area contributed by atoms with Crippen LogP contribution in [-0.4, -0.2) is 4.98 Å². The summed E-state index contributed by atoms with van der Waals surface area (Å²) >= 11 is 2.32. The van der Waals surface area contributed by atoms with Crippen molar-refractivity contribution in [3.05, 3.63) is 45.2 Å². The minimum Gasteiger partial charge on any atom is -0.396 e. The Hall–Kier alpha value is -1.30. The maximum atomic E-state index is 5.99. The minimum atomic E-state index is 0.700. The molecule has 1 aromatic heterocycles. The van der Waals surface area contributed by atoms with Crippen molar-refractivity contribution in [3.63, 3.8) is 0 Å². The van der Waals surface area contributed by atoms with E-state index in [0.29, 0.717) is 5.69 Å². The van der Waals surface area contributed by atoms with Crippen LogP contribution in [-0.2, 0) is 0 Å². The normalized spacial score (nSPS) is 10.3. The van der Waals surface area contributed by atoms with Gasteiger partial charge in [0.05, 0.1) is 5.69 Å². The molecule has 0 saturated carbocycles. The monoisotopic (exact) mass is 339 g/mol. The van der Waals surface area contributed by atoms with Crippen LogP contribution in [0.3, 0.4) is 0 Å². The van der Waals surface area contributed by atoms with E-state index in [-0.39, 0.29) is 0 Å². The van der Waals surface area contributed by atoms with Crippen molar-refractivity contribution in [1.29, 1.82) is 0 Å². The van der Waals surface area contributed by atoms with Gasteiger partial charge in [0.15, 0.2) is 5.82 Å². The van der Waals surface area contributed by atoms with Crippen LogP contribution in [0.4, 0.5) is 17.2 Å². The number of anilines is 3. The first-order chi connectivity index (χ1) is 8.09. The van der Waals surface area contributed by atoms with Gasteiger partial charge in [-0.1, -0.05) is 6.07 Å². The van der Waals surface area contributed by atoms with Crippen LogP contribution in [0.25, 0.3) is 0 Å². The Balaban J connectivity index is 2.38. The summed E-state index contributed by atoms with van der Waals surface area (Å²) in [6.07, 6.45) is 1.76. The second-order valence-corrected chi connectivity index (χ2v) is 5.09. The average Bonchev–Trinajstić information content (AvgIpc) is 2.31. The first-order valence-electron chi connectivity index (χ1n) is 5.33. The number of nitrogens with one attached hydrogen (secondary N) is 1. The van der Waals surface area contributed by atoms with Crippen LogP contribution in [0, 0.1) is 17.4 Å². The van der Waals surface area contributed by atoms with E-state index in [9.17, 15) is 0 Å². The summed E-state index contributed by atoms with van der Waals surface area (Å²) in [6.45, 7) is 4.06. The van der Waals surface area contributed by atoms with Crippen molar-refractivity contribution in [1.82, 2.24) is 4.98 Å². The third kappa shape index (κ3) is 2.52. The number of nitrogens with zero attached hydrogens (tertiary/aromatic N) is 1. The van der Waals surface area contributed by atoms with Crippen LogP contribution in [0.15, 0.2) is 30.5 Å². The molecule has 0 aliphatic rings. The Labute approximate surface area is 115 Å². The van der Waals surface area contributed by atoms with Gasteiger partial charge < -0.3 is 11.1 Å². The van der Waals surface area contributed by atoms with Crippen molar-refractivity contribution >= 4 is 39.8 Å². The van der Waals surface area contributed by atoms with Gasteiger partial charge in [0.25, 0.3) is 0 Å². The molecule has 3 nitrogen and oxygen atoms in total. The Morgan fingerprint density at radius 2 is 2.00 bits per heavy atom. The van der Waals surface area contributed by atoms with E-state index in [0.717, 1.165) is 17.1 Å². The Kier molecular flexibility index (Phi) is 3.51. The summed E-state index contributed by atoms with van der Waals surface area (Å²) in [7, 11) is 0. The van der Waals surface area contributed by atoms with Gasteiger partial charge in [-0.25, -0.2) is 4.98 Å². The maximum absolute atomic E-state index is 5.99. The van der Waals surface area contributed by atoms with Crippen LogP contribution in [0.2, 0.25) is 0 Å². The molecule has 0 amide bonds. The Bertz CT molecular complexity index is 503. The fourth-order valence-electron chi connectivity index (χ4n) is 1.54. The third-order valence-corrected chi connectivity index (χ3v) is 3.90. The second-order valence-electron chi connectivity index (χ2n) is 3.93. The minimum absolute atomic E-state index is 0.700. The highest BCUT2D eigenvalue weighted by molar-refractivity contribution is 14.1. The van der Waals surface area contributed by atoms with Crippen molar-refractivity contribution in [2.45, 2.75) is 13.8 Å². The zero-order valence-electron chi connectivity index (χ0n) is 9.79. The number of nitrogen functional groups attached to an aromatic ring is 1. The quantitative estimate of drug-likeness (QED) is 0.822. The highest BCUT2D eigenvalue weighted by Crippen LogP contribution is 2.27. The number of hydrogen-bond donors (Lipinski definition) is 2. The molecule has 2 rings (SSSR count). The zero-order chi connectivity index (χ0) is 12.4. The zero-order valence-corrected chi connectivity index (χ0v) is 11.9. The summed E-state index contributed by atoms with van der Waals surface area (Å²) in [5.74, 6) is 0.718. The lowest BCUT2D eigenvalue weighted by Gasteiger charge is -2.12. The fraction of sp³-hybridized carbons (Fsp3) is 0.154. The highest BCUT2D eigenvalue weighted by atomic mass is 127. The van der Waals surface area contributed by atoms with Gasteiger partial charge >= 0.3 is 0 Å². The standard InChI is InChI=1S/C13H14IN3/c1-8-6-7-16-13(12(8)15)17-11-5-3-4-10(14)9(11)2/h3-7H,15H2,1-2H3,(H,16,17). The van der Waals surface area contributed by atoms with E-state index in [1.807, 2.05) is 25.1 Å². The van der Waals surface area contributed by atoms with Gasteiger partial charge in [0, 0.05) is 15.5 Å². The van der Waals surface area contributed by atoms with Gasteiger partial charge in [-0.15, -0.1) is 0 Å². The average molecular weight is 339 g/mol. The molecule has 0 saturated heterocycles. The summed E-state index contributed by atoms with van der Waals surface area (Å²) in [6, 6.07) is 8.03. The van der Waals surface area contributed by atoms with E-state index in [4.69, 9.17) is 5.73 Å². The summed E-state index contributed by atoms with van der Waals surface area (Å²) in [5.41, 5.74) is 9.97. The SMILES string of the molecule is Cc1ccnc(Nc2cccc(I)c2C)c1N. The van der Waals surface area contributed by atoms with Crippen LogP contribution in [0.5, 0.6) is 0 Å². The number of aryl methyl sites for hydroxylation is 1. The summed E-state index contributed by atoms with van der Waals surface area (Å²) in [5, 5.41) is 3.28. The molecule has 88 valence electrons. The number of aromatic nitrogens is 1. The number of hydrogen-bond acceptors (Lipinski definition) is 3. The molecule has 1 heterocycles. The molecule has 0 atom stereocenters. The number of halogens is 1. The van der Waals surface area contributed by atoms with Gasteiger partial charge in [-0.3, -0.25) is 0 Å². The lowest BCUT2D eigenvalue weighted by atomic mass is 10.2. The lowest BCUT2D eigenvalue weighted by Crippen LogP contribution is -2.02. The second kappa shape index (κ2) is 4.91. The van der Waals surface area contributed by atoms with Crippen LogP contribution in [0.1, 0.15) is 11.1 Å². The van der Waals surface area contributed by atoms with Crippen LogP contribution < -0.4 is 11.1 Å². The molecule has 4 heteroatoms. The number of benzene rings is 1. The molecule has 1 aromatic carbocycles. The molecule has 2 aromatic rings. The highest BCUT2D eigenvalue weighted by Gasteiger charge is 2.06. The van der Waals surface area contributed by atoms with E-state index in [1.54, 1.807) is 6.20 Å². The van der Waals surface area contributed by atoms with Crippen LogP contribution >= 0.6 is 22.6 Å². The van der Waals surface area contributed by atoms with Gasteiger partial charge in [-0.2, -0.15) is 0 Å². The Morgan fingerprint density at radius 3 is 2.76 bits per heavy atom. The largest absolute Gasteiger partial charge is 0.396 e. The molecule has 0 aliphatic carbocycles. The van der Waals surface area contributed by atoms with Crippen molar-refractivity contribution in [2.24, 2.45) is 0 Å². The van der Waals surface area contributed by atoms with Gasteiger partial charge in [0.1, 0.15) is 0 Å². The molecule has 0 fully saturated rings. The molecule has 17 heavy (non-hydrogen) atoms. The predicted octanol–water partition coefficient (Wildman–Crippen LogP) is 3.63. The van der Waals surface area contributed by atoms with E-state index in [2.05, 4.69) is 45.9 Å². The van der Waals surface area contributed by atoms with E-state index < -0.39 is 0 Å². The smallest absolute Gasteiger partial charge is 0.153 e. The molecule has 0 spiro atoms. The first-order valence-corrected chi connectivity index (χ1v) is 6.40. The van der Waals surface area contributed by atoms with Gasteiger partial charge in [0.2, 0.25) is 0 Å². The third-order valence-electron chi connectivity index (χ3n) is 2.73. The first kappa shape index (κ1) is 12.2. The molecule has 0 bridgehead atoms. The fourth-order valence-corrected chi connectivity index (χ4v) is 2.04. The topological polar surface area (TPSA) is 50.9 Å². The molecular weight excluding hydrogens is 325 g/mol. The molecule has 3 N–H and O–H groups in total. The summed E-state index contributed by atoms with van der Waals surface area (Å²) in [4.78, 5) is 4.27. The Morgan fingerprint density at radius 1 is 1.24 bits per heavy atom. The van der Waals surface area contributed by atoms with Crippen molar-refractivity contribution in [3.8, 4) is 0 Å². The summed E-state index contributed by atoms with van der Waals surface area (Å²) < 4.78 is 1.22. The lowest BCUT2D eigenvalue weighted by molar-refractivity contribution is 1.27. The maximum Gasteiger partial charge on any atom is 0.153 e. The van der Waals surface area contributed by atoms with Gasteiger partial charge in [-0.05, 0) is 65.8 Å². The van der Waals surface area contributed by atoms with E-state index >= 15 is 0 Å². The number of nitrogens with two attached hydrogens (primary N) is 1. The van der Waals surface area contributed by atoms with E-state index in [1.165, 1.54) is 9.13 Å².